The van der Waals surface area contributed by atoms with Crippen LogP contribution in [0.25, 0.3) is 0 Å². The van der Waals surface area contributed by atoms with Gasteiger partial charge in [0.15, 0.2) is 0 Å². The minimum absolute atomic E-state index is 0.306. The highest BCUT2D eigenvalue weighted by Gasteiger charge is 2.42. The molecule has 1 aromatic carbocycles. The average Bonchev–Trinajstić information content (AvgIpc) is 2.85. The molecule has 1 saturated carbocycles. The van der Waals surface area contributed by atoms with Crippen molar-refractivity contribution in [1.29, 1.82) is 5.26 Å². The van der Waals surface area contributed by atoms with Crippen molar-refractivity contribution in [1.82, 2.24) is 0 Å². The molecule has 2 bridgehead atoms. The number of rotatable bonds is 1. The van der Waals surface area contributed by atoms with E-state index in [-0.39, 0.29) is 0 Å². The largest absolute Gasteiger partial charge is 0.327 e. The van der Waals surface area contributed by atoms with E-state index in [1.807, 2.05) is 12.1 Å². The van der Waals surface area contributed by atoms with Crippen LogP contribution in [0.3, 0.4) is 0 Å². The van der Waals surface area contributed by atoms with Crippen LogP contribution in [0.1, 0.15) is 23.5 Å². The third-order valence-corrected chi connectivity index (χ3v) is 3.98. The molecule has 80 valence electrons. The number of nitriles is 1. The van der Waals surface area contributed by atoms with Gasteiger partial charge in [-0.15, -0.1) is 0 Å². The van der Waals surface area contributed by atoms with Crippen LogP contribution in [0.5, 0.6) is 0 Å². The fraction of sp³-hybridized carbons (Fsp3) is 0.357. The van der Waals surface area contributed by atoms with Gasteiger partial charge in [0.05, 0.1) is 11.6 Å². The molecule has 16 heavy (non-hydrogen) atoms. The maximum absolute atomic E-state index is 8.76. The number of fused-ring (bicyclic) bond motifs is 2. The summed E-state index contributed by atoms with van der Waals surface area (Å²) in [5.41, 5.74) is 8.21. The summed E-state index contributed by atoms with van der Waals surface area (Å²) in [5, 5.41) is 8.76. The van der Waals surface area contributed by atoms with Crippen molar-refractivity contribution in [3.63, 3.8) is 0 Å². The molecule has 0 aliphatic heterocycles. The maximum Gasteiger partial charge on any atom is 0.0991 e. The Morgan fingerprint density at radius 2 is 1.94 bits per heavy atom. The summed E-state index contributed by atoms with van der Waals surface area (Å²) in [6.45, 7) is 0. The molecule has 2 heteroatoms. The number of nitrogens with two attached hydrogens (primary N) is 1. The lowest BCUT2D eigenvalue weighted by atomic mass is 9.86. The molecule has 0 saturated heterocycles. The second-order valence-electron chi connectivity index (χ2n) is 4.78. The Kier molecular flexibility index (Phi) is 2.08. The molecule has 0 amide bonds. The summed E-state index contributed by atoms with van der Waals surface area (Å²) in [4.78, 5) is 0. The van der Waals surface area contributed by atoms with Gasteiger partial charge in [-0.25, -0.2) is 0 Å². The van der Waals surface area contributed by atoms with E-state index in [4.69, 9.17) is 11.0 Å². The van der Waals surface area contributed by atoms with Crippen molar-refractivity contribution < 1.29 is 0 Å². The number of hydrogen-bond donors (Lipinski definition) is 1. The lowest BCUT2D eigenvalue weighted by Crippen LogP contribution is -2.26. The molecule has 1 unspecified atom stereocenters. The van der Waals surface area contributed by atoms with Gasteiger partial charge in [0.2, 0.25) is 0 Å². The van der Waals surface area contributed by atoms with Crippen molar-refractivity contribution in [3.05, 3.63) is 47.5 Å². The molecule has 0 radical (unpaired) electrons. The first kappa shape index (κ1) is 9.62. The van der Waals surface area contributed by atoms with Crippen LogP contribution >= 0.6 is 0 Å². The predicted molar refractivity (Wildman–Crippen MR) is 62.6 cm³/mol. The molecule has 1 aromatic rings. The zero-order chi connectivity index (χ0) is 11.1. The first-order valence-corrected chi connectivity index (χ1v) is 5.73. The Morgan fingerprint density at radius 1 is 1.19 bits per heavy atom. The van der Waals surface area contributed by atoms with E-state index in [0.717, 1.165) is 12.0 Å². The first-order valence-electron chi connectivity index (χ1n) is 5.73. The van der Waals surface area contributed by atoms with Crippen LogP contribution in [0, 0.1) is 23.2 Å². The molecule has 0 spiro atoms. The van der Waals surface area contributed by atoms with Gasteiger partial charge in [-0.3, -0.25) is 0 Å². The standard InChI is InChI=1S/C14H14N2/c15-8-9-1-3-10(4-2-9)13-7-11-5-6-12(13)14(11)16/h1-6,11-14H,7,16H2/t11-,12+,13?,14-/m1/s1. The van der Waals surface area contributed by atoms with Gasteiger partial charge in [0.1, 0.15) is 0 Å². The molecule has 0 heterocycles. The minimum Gasteiger partial charge on any atom is -0.327 e. The monoisotopic (exact) mass is 210 g/mol. The Balaban J connectivity index is 1.89. The fourth-order valence-electron chi connectivity index (χ4n) is 3.06. The van der Waals surface area contributed by atoms with Crippen LogP contribution in [0.4, 0.5) is 0 Å². The van der Waals surface area contributed by atoms with Gasteiger partial charge in [0.25, 0.3) is 0 Å². The summed E-state index contributed by atoms with van der Waals surface area (Å²) in [5.74, 6) is 1.61. The van der Waals surface area contributed by atoms with E-state index < -0.39 is 0 Å². The summed E-state index contributed by atoms with van der Waals surface area (Å²) < 4.78 is 0. The van der Waals surface area contributed by atoms with Crippen LogP contribution in [0.15, 0.2) is 36.4 Å². The fourth-order valence-corrected chi connectivity index (χ4v) is 3.06. The Labute approximate surface area is 95.4 Å². The summed E-state index contributed by atoms with van der Waals surface area (Å²) in [6.07, 6.45) is 5.69. The molecular weight excluding hydrogens is 196 g/mol. The zero-order valence-electron chi connectivity index (χ0n) is 9.01. The minimum atomic E-state index is 0.306. The van der Waals surface area contributed by atoms with E-state index in [9.17, 15) is 0 Å². The zero-order valence-corrected chi connectivity index (χ0v) is 9.01. The molecule has 1 fully saturated rings. The quantitative estimate of drug-likeness (QED) is 0.722. The Hall–Kier alpha value is -1.59. The van der Waals surface area contributed by atoms with Crippen molar-refractivity contribution in [2.45, 2.75) is 18.4 Å². The maximum atomic E-state index is 8.76. The number of nitrogens with zero attached hydrogens (tertiary/aromatic N) is 1. The summed E-state index contributed by atoms with van der Waals surface area (Å²) in [6, 6.07) is 10.4. The smallest absolute Gasteiger partial charge is 0.0991 e. The van der Waals surface area contributed by atoms with Gasteiger partial charge >= 0.3 is 0 Å². The van der Waals surface area contributed by atoms with Crippen molar-refractivity contribution in [2.24, 2.45) is 17.6 Å². The van der Waals surface area contributed by atoms with Crippen LogP contribution in [0.2, 0.25) is 0 Å². The topological polar surface area (TPSA) is 49.8 Å². The van der Waals surface area contributed by atoms with E-state index in [2.05, 4.69) is 30.4 Å². The molecule has 2 N–H and O–H groups in total. The van der Waals surface area contributed by atoms with E-state index in [0.29, 0.717) is 23.8 Å². The molecule has 2 nitrogen and oxygen atoms in total. The molecule has 4 atom stereocenters. The van der Waals surface area contributed by atoms with Gasteiger partial charge < -0.3 is 5.73 Å². The number of hydrogen-bond acceptors (Lipinski definition) is 2. The van der Waals surface area contributed by atoms with Crippen molar-refractivity contribution in [3.8, 4) is 6.07 Å². The summed E-state index contributed by atoms with van der Waals surface area (Å²) >= 11 is 0. The van der Waals surface area contributed by atoms with Crippen LogP contribution < -0.4 is 5.73 Å². The molecule has 0 aromatic heterocycles. The lowest BCUT2D eigenvalue weighted by molar-refractivity contribution is 0.536. The average molecular weight is 210 g/mol. The normalized spacial score (nSPS) is 35.2. The first-order chi connectivity index (χ1) is 7.79. The predicted octanol–water partition coefficient (Wildman–Crippen LogP) is 2.18. The second-order valence-corrected chi connectivity index (χ2v) is 4.78. The van der Waals surface area contributed by atoms with Crippen LogP contribution in [-0.4, -0.2) is 6.04 Å². The third-order valence-electron chi connectivity index (χ3n) is 3.98. The molecular formula is C14H14N2. The van der Waals surface area contributed by atoms with E-state index in [1.54, 1.807) is 0 Å². The van der Waals surface area contributed by atoms with E-state index in [1.165, 1.54) is 5.56 Å². The van der Waals surface area contributed by atoms with Crippen molar-refractivity contribution >= 4 is 0 Å². The highest BCUT2D eigenvalue weighted by Crippen LogP contribution is 2.47. The van der Waals surface area contributed by atoms with Gasteiger partial charge in [-0.05, 0) is 41.9 Å². The Morgan fingerprint density at radius 3 is 2.44 bits per heavy atom. The molecule has 3 rings (SSSR count). The Bertz CT molecular complexity index is 467. The summed E-state index contributed by atoms with van der Waals surface area (Å²) in [7, 11) is 0. The van der Waals surface area contributed by atoms with Gasteiger partial charge in [-0.2, -0.15) is 5.26 Å². The van der Waals surface area contributed by atoms with Gasteiger partial charge in [-0.1, -0.05) is 24.3 Å². The van der Waals surface area contributed by atoms with Gasteiger partial charge in [0, 0.05) is 6.04 Å². The number of benzene rings is 1. The highest BCUT2D eigenvalue weighted by atomic mass is 14.7. The van der Waals surface area contributed by atoms with Crippen molar-refractivity contribution in [2.75, 3.05) is 0 Å². The lowest BCUT2D eigenvalue weighted by Gasteiger charge is -2.19. The van der Waals surface area contributed by atoms with E-state index >= 15 is 0 Å². The third kappa shape index (κ3) is 1.29. The molecule has 2 aliphatic carbocycles. The molecule has 2 aliphatic rings. The SMILES string of the molecule is N#Cc1ccc(C2C[C@H]3C=C[C@@H]2[C@@H]3N)cc1. The van der Waals surface area contributed by atoms with Crippen LogP contribution in [-0.2, 0) is 0 Å². The second kappa shape index (κ2) is 3.47. The highest BCUT2D eigenvalue weighted by molar-refractivity contribution is 5.36.